The Kier molecular flexibility index (Phi) is 8.44. The Morgan fingerprint density at radius 1 is 0.352 bits per heavy atom. The van der Waals surface area contributed by atoms with Gasteiger partial charge in [0, 0.05) is 51.3 Å². The monoisotopic (exact) mass is 691 g/mol. The van der Waals surface area contributed by atoms with Gasteiger partial charge in [-0.15, -0.1) is 0 Å². The summed E-state index contributed by atoms with van der Waals surface area (Å²) in [5, 5.41) is 9.61. The van der Waals surface area contributed by atoms with Gasteiger partial charge in [0.2, 0.25) is 0 Å². The molecule has 9 aromatic rings. The Labute approximate surface area is 312 Å². The lowest BCUT2D eigenvalue weighted by Crippen LogP contribution is -1.97. The molecular weight excluding hydrogens is 663 g/mol. The van der Waals surface area contributed by atoms with Gasteiger partial charge in [0.1, 0.15) is 0 Å². The van der Waals surface area contributed by atoms with Crippen LogP contribution in [0.15, 0.2) is 176 Å². The third-order valence-corrected chi connectivity index (χ3v) is 9.26. The minimum atomic E-state index is 0.567. The molecule has 54 heavy (non-hydrogen) atoms. The van der Waals surface area contributed by atoms with Crippen molar-refractivity contribution in [2.75, 3.05) is 0 Å². The summed E-state index contributed by atoms with van der Waals surface area (Å²) >= 11 is 0. The van der Waals surface area contributed by atoms with Crippen LogP contribution in [0.2, 0.25) is 0 Å². The van der Waals surface area contributed by atoms with Crippen LogP contribution < -0.4 is 0 Å². The van der Waals surface area contributed by atoms with E-state index in [-0.39, 0.29) is 0 Å². The highest BCUT2D eigenvalue weighted by Gasteiger charge is 2.16. The zero-order chi connectivity index (χ0) is 36.3. The fourth-order valence-corrected chi connectivity index (χ4v) is 6.48. The molecule has 0 saturated heterocycles. The summed E-state index contributed by atoms with van der Waals surface area (Å²) in [5.74, 6) is 0.619. The van der Waals surface area contributed by atoms with Crippen molar-refractivity contribution in [3.8, 4) is 85.0 Å². The predicted octanol–water partition coefficient (Wildman–Crippen LogP) is 10.8. The molecule has 9 rings (SSSR count). The van der Waals surface area contributed by atoms with Crippen LogP contribution in [-0.2, 0) is 0 Å². The zero-order valence-corrected chi connectivity index (χ0v) is 28.9. The van der Waals surface area contributed by atoms with E-state index in [2.05, 4.69) is 76.7 Å². The maximum Gasteiger partial charge on any atom is 0.160 e. The maximum absolute atomic E-state index is 9.61. The van der Waals surface area contributed by atoms with Crippen molar-refractivity contribution in [2.45, 2.75) is 0 Å². The number of nitrogens with zero attached hydrogens (tertiary/aromatic N) is 7. The van der Waals surface area contributed by atoms with Gasteiger partial charge < -0.3 is 0 Å². The van der Waals surface area contributed by atoms with Gasteiger partial charge in [-0.05, 0) is 54.6 Å². The second-order valence-corrected chi connectivity index (χ2v) is 12.7. The third-order valence-electron chi connectivity index (χ3n) is 9.26. The summed E-state index contributed by atoms with van der Waals surface area (Å²) in [5.41, 5.74) is 13.6. The summed E-state index contributed by atoms with van der Waals surface area (Å²) in [6, 6.07) is 56.1. The molecule has 0 unspecified atom stereocenters. The molecule has 0 aliphatic carbocycles. The standard InChI is InChI=1S/C47H29N7/c48-30-31-8-7-9-38(28-31)46-45(51-41-12-1-2-13-42(41)52-46)36-22-18-35(19-23-36)44-29-43(34-16-14-32(15-17-34)39-10-3-5-26-49-39)53-47(54-44)37-24-20-33(21-25-37)40-11-4-6-27-50-40/h1-29H. The van der Waals surface area contributed by atoms with Crippen molar-refractivity contribution in [3.63, 3.8) is 0 Å². The molecule has 4 aromatic heterocycles. The number of benzene rings is 5. The number of fused-ring (bicyclic) bond motifs is 1. The SMILES string of the molecule is N#Cc1cccc(-c2nc3ccccc3nc2-c2ccc(-c3cc(-c4ccc(-c5ccccn5)cc4)nc(-c4ccc(-c5ccccn5)cc4)n3)cc2)c1. The molecule has 4 heterocycles. The fourth-order valence-electron chi connectivity index (χ4n) is 6.48. The van der Waals surface area contributed by atoms with E-state index >= 15 is 0 Å². The molecule has 0 spiro atoms. The van der Waals surface area contributed by atoms with E-state index in [4.69, 9.17) is 19.9 Å². The number of nitriles is 1. The summed E-state index contributed by atoms with van der Waals surface area (Å²) in [7, 11) is 0. The number of pyridine rings is 2. The second kappa shape index (κ2) is 14.1. The Hall–Kier alpha value is -7.69. The first-order valence-corrected chi connectivity index (χ1v) is 17.5. The van der Waals surface area contributed by atoms with Crippen molar-refractivity contribution in [2.24, 2.45) is 0 Å². The highest BCUT2D eigenvalue weighted by Crippen LogP contribution is 2.34. The highest BCUT2D eigenvalue weighted by molar-refractivity contribution is 5.87. The number of para-hydroxylation sites is 2. The van der Waals surface area contributed by atoms with Crippen LogP contribution >= 0.6 is 0 Å². The quantitative estimate of drug-likeness (QED) is 0.164. The molecule has 7 nitrogen and oxygen atoms in total. The van der Waals surface area contributed by atoms with Crippen LogP contribution in [0.3, 0.4) is 0 Å². The number of hydrogen-bond acceptors (Lipinski definition) is 7. The average Bonchev–Trinajstić information content (AvgIpc) is 3.26. The molecule has 0 N–H and O–H groups in total. The van der Waals surface area contributed by atoms with Gasteiger partial charge in [-0.25, -0.2) is 19.9 Å². The molecule has 0 aliphatic heterocycles. The summed E-state index contributed by atoms with van der Waals surface area (Å²) in [4.78, 5) is 29.3. The number of aromatic nitrogens is 6. The Morgan fingerprint density at radius 2 is 0.815 bits per heavy atom. The topological polar surface area (TPSA) is 101 Å². The van der Waals surface area contributed by atoms with Gasteiger partial charge in [0.05, 0.1) is 56.8 Å². The van der Waals surface area contributed by atoms with E-state index < -0.39 is 0 Å². The van der Waals surface area contributed by atoms with Crippen LogP contribution in [0.1, 0.15) is 5.56 Å². The molecule has 0 fully saturated rings. The molecule has 0 amide bonds. The first-order chi connectivity index (χ1) is 26.7. The minimum Gasteiger partial charge on any atom is -0.256 e. The van der Waals surface area contributed by atoms with E-state index in [9.17, 15) is 5.26 Å². The molecule has 0 atom stereocenters. The first-order valence-electron chi connectivity index (χ1n) is 17.5. The summed E-state index contributed by atoms with van der Waals surface area (Å²) in [6.45, 7) is 0. The van der Waals surface area contributed by atoms with E-state index in [1.54, 1.807) is 18.5 Å². The average molecular weight is 692 g/mol. The molecule has 0 bridgehead atoms. The lowest BCUT2D eigenvalue weighted by molar-refractivity contribution is 1.18. The normalized spacial score (nSPS) is 10.9. The van der Waals surface area contributed by atoms with Crippen LogP contribution in [0.5, 0.6) is 0 Å². The van der Waals surface area contributed by atoms with Crippen LogP contribution in [-0.4, -0.2) is 29.9 Å². The molecular formula is C47H29N7. The Morgan fingerprint density at radius 3 is 1.31 bits per heavy atom. The first kappa shape index (κ1) is 32.2. The van der Waals surface area contributed by atoms with Crippen LogP contribution in [0.4, 0.5) is 0 Å². The van der Waals surface area contributed by atoms with Crippen molar-refractivity contribution >= 4 is 11.0 Å². The van der Waals surface area contributed by atoms with Crippen molar-refractivity contribution in [1.29, 1.82) is 5.26 Å². The smallest absolute Gasteiger partial charge is 0.160 e. The lowest BCUT2D eigenvalue weighted by Gasteiger charge is -2.13. The van der Waals surface area contributed by atoms with E-state index in [1.165, 1.54) is 0 Å². The van der Waals surface area contributed by atoms with Crippen molar-refractivity contribution < 1.29 is 0 Å². The summed E-state index contributed by atoms with van der Waals surface area (Å²) < 4.78 is 0. The molecule has 7 heteroatoms. The Balaban J connectivity index is 1.13. The zero-order valence-electron chi connectivity index (χ0n) is 28.9. The van der Waals surface area contributed by atoms with Crippen LogP contribution in [0.25, 0.3) is 90.0 Å². The molecule has 0 saturated carbocycles. The van der Waals surface area contributed by atoms with E-state index in [1.807, 2.05) is 97.1 Å². The number of rotatable bonds is 7. The second-order valence-electron chi connectivity index (χ2n) is 12.7. The minimum absolute atomic E-state index is 0.567. The van der Waals surface area contributed by atoms with Gasteiger partial charge in [-0.2, -0.15) is 5.26 Å². The highest BCUT2D eigenvalue weighted by atomic mass is 14.9. The van der Waals surface area contributed by atoms with Crippen molar-refractivity contribution in [3.05, 3.63) is 182 Å². The van der Waals surface area contributed by atoms with Gasteiger partial charge in [-0.1, -0.05) is 109 Å². The van der Waals surface area contributed by atoms with E-state index in [0.717, 1.165) is 78.4 Å². The van der Waals surface area contributed by atoms with Crippen LogP contribution in [0, 0.1) is 11.3 Å². The Bertz CT molecular complexity index is 2690. The maximum atomic E-state index is 9.61. The fraction of sp³-hybridized carbons (Fsp3) is 0. The van der Waals surface area contributed by atoms with Gasteiger partial charge in [-0.3, -0.25) is 9.97 Å². The van der Waals surface area contributed by atoms with Gasteiger partial charge >= 0.3 is 0 Å². The number of hydrogen-bond donors (Lipinski definition) is 0. The molecule has 0 radical (unpaired) electrons. The predicted molar refractivity (Wildman–Crippen MR) is 213 cm³/mol. The van der Waals surface area contributed by atoms with Gasteiger partial charge in [0.15, 0.2) is 5.82 Å². The largest absolute Gasteiger partial charge is 0.256 e. The summed E-state index contributed by atoms with van der Waals surface area (Å²) in [6.07, 6.45) is 3.60. The molecule has 252 valence electrons. The van der Waals surface area contributed by atoms with Gasteiger partial charge in [0.25, 0.3) is 0 Å². The third kappa shape index (κ3) is 6.47. The lowest BCUT2D eigenvalue weighted by atomic mass is 9.99. The van der Waals surface area contributed by atoms with Crippen molar-refractivity contribution in [1.82, 2.24) is 29.9 Å². The molecule has 5 aromatic carbocycles. The molecule has 0 aliphatic rings. The van der Waals surface area contributed by atoms with E-state index in [0.29, 0.717) is 17.1 Å².